The van der Waals surface area contributed by atoms with Gasteiger partial charge in [-0.1, -0.05) is 18.2 Å². The largest absolute Gasteiger partial charge is 0.416 e. The molecule has 1 aromatic carbocycles. The standard InChI is InChI=1S/C19H20F3N3O2/c20-19(21,22)16-4-1-14(2-5-16)11-18(26)24-13-15-3-6-17(23-12-15)25-7-9-27-10-8-25/h1-6,12H,7-11,13H2,(H,24,26). The molecule has 3 rings (SSSR count). The summed E-state index contributed by atoms with van der Waals surface area (Å²) in [5.41, 5.74) is 0.659. The molecule has 0 spiro atoms. The number of aromatic nitrogens is 1. The quantitative estimate of drug-likeness (QED) is 0.868. The van der Waals surface area contributed by atoms with Gasteiger partial charge in [0.25, 0.3) is 0 Å². The van der Waals surface area contributed by atoms with Crippen LogP contribution in [0.25, 0.3) is 0 Å². The van der Waals surface area contributed by atoms with E-state index in [4.69, 9.17) is 4.74 Å². The number of nitrogens with one attached hydrogen (secondary N) is 1. The zero-order valence-electron chi connectivity index (χ0n) is 14.6. The molecule has 2 aromatic rings. The topological polar surface area (TPSA) is 54.5 Å². The van der Waals surface area contributed by atoms with Crippen LogP contribution in [0.5, 0.6) is 0 Å². The van der Waals surface area contributed by atoms with Crippen LogP contribution < -0.4 is 10.2 Å². The lowest BCUT2D eigenvalue weighted by atomic mass is 10.1. The fourth-order valence-electron chi connectivity index (χ4n) is 2.76. The first-order chi connectivity index (χ1) is 12.9. The highest BCUT2D eigenvalue weighted by molar-refractivity contribution is 5.78. The second kappa shape index (κ2) is 8.39. The SMILES string of the molecule is O=C(Cc1ccc(C(F)(F)F)cc1)NCc1ccc(N2CCOCC2)nc1. The molecule has 1 aromatic heterocycles. The molecule has 1 fully saturated rings. The van der Waals surface area contributed by atoms with Gasteiger partial charge in [0.2, 0.25) is 5.91 Å². The van der Waals surface area contributed by atoms with Gasteiger partial charge in [-0.15, -0.1) is 0 Å². The van der Waals surface area contributed by atoms with Crippen LogP contribution in [-0.4, -0.2) is 37.2 Å². The number of benzene rings is 1. The summed E-state index contributed by atoms with van der Waals surface area (Å²) in [4.78, 5) is 18.6. The molecule has 1 amide bonds. The molecule has 0 aliphatic carbocycles. The number of rotatable bonds is 5. The zero-order valence-corrected chi connectivity index (χ0v) is 14.6. The number of pyridine rings is 1. The van der Waals surface area contributed by atoms with E-state index in [9.17, 15) is 18.0 Å². The Morgan fingerprint density at radius 2 is 1.74 bits per heavy atom. The molecule has 0 atom stereocenters. The minimum atomic E-state index is -4.37. The van der Waals surface area contributed by atoms with E-state index in [1.54, 1.807) is 6.20 Å². The second-order valence-corrected chi connectivity index (χ2v) is 6.27. The summed E-state index contributed by atoms with van der Waals surface area (Å²) in [6.45, 7) is 3.29. The molecule has 1 N–H and O–H groups in total. The van der Waals surface area contributed by atoms with Gasteiger partial charge in [0.15, 0.2) is 0 Å². The van der Waals surface area contributed by atoms with Gasteiger partial charge in [-0.3, -0.25) is 4.79 Å². The van der Waals surface area contributed by atoms with Crippen molar-refractivity contribution in [1.82, 2.24) is 10.3 Å². The maximum atomic E-state index is 12.5. The lowest BCUT2D eigenvalue weighted by Crippen LogP contribution is -2.36. The number of carbonyl (C=O) groups is 1. The monoisotopic (exact) mass is 379 g/mol. The van der Waals surface area contributed by atoms with E-state index in [0.29, 0.717) is 25.3 Å². The molecule has 0 unspecified atom stereocenters. The molecule has 1 aliphatic heterocycles. The summed E-state index contributed by atoms with van der Waals surface area (Å²) >= 11 is 0. The third-order valence-electron chi connectivity index (χ3n) is 4.28. The first-order valence-corrected chi connectivity index (χ1v) is 8.62. The minimum Gasteiger partial charge on any atom is -0.378 e. The number of amides is 1. The van der Waals surface area contributed by atoms with Crippen LogP contribution in [0, 0.1) is 0 Å². The summed E-state index contributed by atoms with van der Waals surface area (Å²) in [5, 5.41) is 2.76. The Bertz CT molecular complexity index is 755. The molecular formula is C19H20F3N3O2. The Kier molecular flexibility index (Phi) is 5.95. The summed E-state index contributed by atoms with van der Waals surface area (Å²) in [6.07, 6.45) is -2.64. The van der Waals surface area contributed by atoms with Gasteiger partial charge in [0.05, 0.1) is 25.2 Å². The molecular weight excluding hydrogens is 359 g/mol. The lowest BCUT2D eigenvalue weighted by molar-refractivity contribution is -0.137. The number of alkyl halides is 3. The van der Waals surface area contributed by atoms with Crippen molar-refractivity contribution in [2.75, 3.05) is 31.2 Å². The van der Waals surface area contributed by atoms with E-state index in [0.717, 1.165) is 36.6 Å². The van der Waals surface area contributed by atoms with Crippen LogP contribution in [0.1, 0.15) is 16.7 Å². The predicted molar refractivity (Wildman–Crippen MR) is 94.3 cm³/mol. The number of hydrogen-bond donors (Lipinski definition) is 1. The number of anilines is 1. The number of morpholine rings is 1. The fourth-order valence-corrected chi connectivity index (χ4v) is 2.76. The van der Waals surface area contributed by atoms with Gasteiger partial charge < -0.3 is 15.0 Å². The predicted octanol–water partition coefficient (Wildman–Crippen LogP) is 2.80. The van der Waals surface area contributed by atoms with Gasteiger partial charge in [0.1, 0.15) is 5.82 Å². The average molecular weight is 379 g/mol. The molecule has 0 bridgehead atoms. The first kappa shape index (κ1) is 19.2. The maximum absolute atomic E-state index is 12.5. The Morgan fingerprint density at radius 1 is 1.07 bits per heavy atom. The summed E-state index contributed by atoms with van der Waals surface area (Å²) in [6, 6.07) is 8.41. The van der Waals surface area contributed by atoms with E-state index < -0.39 is 11.7 Å². The molecule has 144 valence electrons. The normalized spacial score (nSPS) is 14.9. The third kappa shape index (κ3) is 5.43. The molecule has 27 heavy (non-hydrogen) atoms. The molecule has 0 saturated carbocycles. The Morgan fingerprint density at radius 3 is 2.33 bits per heavy atom. The van der Waals surface area contributed by atoms with Crippen molar-refractivity contribution >= 4 is 11.7 Å². The van der Waals surface area contributed by atoms with E-state index in [2.05, 4.69) is 15.2 Å². The highest BCUT2D eigenvalue weighted by Crippen LogP contribution is 2.29. The van der Waals surface area contributed by atoms with Gasteiger partial charge in [-0.05, 0) is 29.3 Å². The molecule has 8 heteroatoms. The number of hydrogen-bond acceptors (Lipinski definition) is 4. The minimum absolute atomic E-state index is 0.0252. The van der Waals surface area contributed by atoms with Crippen LogP contribution in [0.2, 0.25) is 0 Å². The Hall–Kier alpha value is -2.61. The number of carbonyl (C=O) groups excluding carboxylic acids is 1. The van der Waals surface area contributed by atoms with Crippen molar-refractivity contribution in [2.24, 2.45) is 0 Å². The molecule has 1 aliphatic rings. The second-order valence-electron chi connectivity index (χ2n) is 6.27. The van der Waals surface area contributed by atoms with E-state index in [1.807, 2.05) is 12.1 Å². The highest BCUT2D eigenvalue weighted by Gasteiger charge is 2.29. The molecule has 1 saturated heterocycles. The fraction of sp³-hybridized carbons (Fsp3) is 0.368. The smallest absolute Gasteiger partial charge is 0.378 e. The Balaban J connectivity index is 1.48. The average Bonchev–Trinajstić information content (AvgIpc) is 2.67. The first-order valence-electron chi connectivity index (χ1n) is 8.62. The van der Waals surface area contributed by atoms with Gasteiger partial charge in [-0.25, -0.2) is 4.98 Å². The van der Waals surface area contributed by atoms with Gasteiger partial charge in [0, 0.05) is 25.8 Å². The van der Waals surface area contributed by atoms with E-state index in [-0.39, 0.29) is 12.3 Å². The van der Waals surface area contributed by atoms with Crippen molar-refractivity contribution in [1.29, 1.82) is 0 Å². The van der Waals surface area contributed by atoms with E-state index >= 15 is 0 Å². The summed E-state index contributed by atoms with van der Waals surface area (Å²) in [5.74, 6) is 0.616. The maximum Gasteiger partial charge on any atom is 0.416 e. The van der Waals surface area contributed by atoms with Crippen molar-refractivity contribution < 1.29 is 22.7 Å². The number of halogens is 3. The van der Waals surface area contributed by atoms with Crippen LogP contribution in [-0.2, 0) is 28.7 Å². The zero-order chi connectivity index (χ0) is 19.3. The summed E-state index contributed by atoms with van der Waals surface area (Å²) < 4.78 is 42.9. The lowest BCUT2D eigenvalue weighted by Gasteiger charge is -2.27. The van der Waals surface area contributed by atoms with Crippen LogP contribution >= 0.6 is 0 Å². The van der Waals surface area contributed by atoms with Crippen molar-refractivity contribution in [2.45, 2.75) is 19.1 Å². The van der Waals surface area contributed by atoms with E-state index in [1.165, 1.54) is 12.1 Å². The van der Waals surface area contributed by atoms with Crippen LogP contribution in [0.15, 0.2) is 42.6 Å². The highest BCUT2D eigenvalue weighted by atomic mass is 19.4. The number of ether oxygens (including phenoxy) is 1. The van der Waals surface area contributed by atoms with Crippen molar-refractivity contribution in [3.63, 3.8) is 0 Å². The Labute approximate surface area is 155 Å². The molecule has 0 radical (unpaired) electrons. The third-order valence-corrected chi connectivity index (χ3v) is 4.28. The van der Waals surface area contributed by atoms with Crippen molar-refractivity contribution in [3.8, 4) is 0 Å². The molecule has 2 heterocycles. The number of nitrogens with zero attached hydrogens (tertiary/aromatic N) is 2. The van der Waals surface area contributed by atoms with Gasteiger partial charge >= 0.3 is 6.18 Å². The van der Waals surface area contributed by atoms with Crippen LogP contribution in [0.4, 0.5) is 19.0 Å². The van der Waals surface area contributed by atoms with Crippen molar-refractivity contribution in [3.05, 3.63) is 59.3 Å². The van der Waals surface area contributed by atoms with Gasteiger partial charge in [-0.2, -0.15) is 13.2 Å². The van der Waals surface area contributed by atoms with Crippen LogP contribution in [0.3, 0.4) is 0 Å². The molecule has 5 nitrogen and oxygen atoms in total. The summed E-state index contributed by atoms with van der Waals surface area (Å²) in [7, 11) is 0.